The van der Waals surface area contributed by atoms with Gasteiger partial charge >= 0.3 is 6.18 Å². The molecule has 0 aromatic heterocycles. The van der Waals surface area contributed by atoms with E-state index < -0.39 is 29.0 Å². The van der Waals surface area contributed by atoms with Crippen LogP contribution in [0.1, 0.15) is 30.4 Å². The van der Waals surface area contributed by atoms with E-state index in [-0.39, 0.29) is 27.8 Å². The van der Waals surface area contributed by atoms with Crippen molar-refractivity contribution < 1.29 is 27.5 Å². The molecule has 0 unspecified atom stereocenters. The van der Waals surface area contributed by atoms with E-state index in [4.69, 9.17) is 12.2 Å². The fourth-order valence-electron chi connectivity index (χ4n) is 3.92. The van der Waals surface area contributed by atoms with Gasteiger partial charge in [0.2, 0.25) is 0 Å². The summed E-state index contributed by atoms with van der Waals surface area (Å²) in [5.74, 6) is -1.53. The second-order valence-electron chi connectivity index (χ2n) is 7.28. The van der Waals surface area contributed by atoms with E-state index in [1.807, 2.05) is 0 Å². The topological polar surface area (TPSA) is 43.8 Å². The molecule has 1 spiro atoms. The highest BCUT2D eigenvalue weighted by atomic mass is 32.1. The highest BCUT2D eigenvalue weighted by Gasteiger charge is 2.60. The number of carbonyl (C=O) groups excluding carboxylic acids is 1. The Morgan fingerprint density at radius 1 is 1.14 bits per heavy atom. The number of rotatable bonds is 2. The van der Waals surface area contributed by atoms with Gasteiger partial charge in [0, 0.05) is 6.07 Å². The average molecular weight is 424 g/mol. The van der Waals surface area contributed by atoms with Crippen molar-refractivity contribution in [1.29, 1.82) is 0 Å². The number of benzene rings is 2. The third-order valence-corrected chi connectivity index (χ3v) is 5.91. The van der Waals surface area contributed by atoms with E-state index in [2.05, 4.69) is 0 Å². The van der Waals surface area contributed by atoms with Gasteiger partial charge in [0.1, 0.15) is 11.3 Å². The smallest absolute Gasteiger partial charge is 0.416 e. The van der Waals surface area contributed by atoms with Gasteiger partial charge in [-0.1, -0.05) is 6.07 Å². The first kappa shape index (κ1) is 19.6. The summed E-state index contributed by atoms with van der Waals surface area (Å²) < 4.78 is 54.6. The number of carbonyl (C=O) groups is 1. The summed E-state index contributed by atoms with van der Waals surface area (Å²) in [5.41, 5.74) is -1.96. The SMILES string of the molecule is Cc1ccc(N2C(=O)C3(CCC3)N(c3ccc(O)cc3F)C2=S)cc1C(F)(F)F. The maximum atomic E-state index is 14.6. The first-order chi connectivity index (χ1) is 13.6. The molecule has 29 heavy (non-hydrogen) atoms. The summed E-state index contributed by atoms with van der Waals surface area (Å²) in [6.45, 7) is 1.34. The fraction of sp³-hybridized carbons (Fsp3) is 0.300. The van der Waals surface area contributed by atoms with E-state index in [9.17, 15) is 27.5 Å². The Bertz CT molecular complexity index is 1030. The van der Waals surface area contributed by atoms with Crippen molar-refractivity contribution in [1.82, 2.24) is 0 Å². The largest absolute Gasteiger partial charge is 0.508 e. The third kappa shape index (κ3) is 2.87. The zero-order chi connectivity index (χ0) is 21.1. The molecule has 2 aromatic rings. The number of thiocarbonyl (C=S) groups is 1. The summed E-state index contributed by atoms with van der Waals surface area (Å²) >= 11 is 5.43. The number of halogens is 4. The van der Waals surface area contributed by atoms with Crippen molar-refractivity contribution in [2.24, 2.45) is 0 Å². The summed E-state index contributed by atoms with van der Waals surface area (Å²) in [4.78, 5) is 15.7. The van der Waals surface area contributed by atoms with Crippen LogP contribution in [0.25, 0.3) is 0 Å². The molecule has 152 valence electrons. The minimum absolute atomic E-state index is 0.00602. The number of aromatic hydroxyl groups is 1. The number of nitrogens with zero attached hydrogens (tertiary/aromatic N) is 2. The lowest BCUT2D eigenvalue weighted by Crippen LogP contribution is -2.55. The molecule has 1 heterocycles. The number of phenols is 1. The van der Waals surface area contributed by atoms with Crippen LogP contribution in [0.5, 0.6) is 5.75 Å². The molecule has 4 rings (SSSR count). The average Bonchev–Trinajstić information content (AvgIpc) is 2.82. The molecule has 4 nitrogen and oxygen atoms in total. The second kappa shape index (κ2) is 6.41. The zero-order valence-corrected chi connectivity index (χ0v) is 16.1. The first-order valence-corrected chi connectivity index (χ1v) is 9.32. The number of aryl methyl sites for hydroxylation is 1. The highest BCUT2D eigenvalue weighted by molar-refractivity contribution is 7.81. The van der Waals surface area contributed by atoms with Crippen LogP contribution in [-0.2, 0) is 11.0 Å². The molecule has 1 amide bonds. The van der Waals surface area contributed by atoms with Gasteiger partial charge in [0.15, 0.2) is 10.9 Å². The summed E-state index contributed by atoms with van der Waals surface area (Å²) in [5, 5.41) is 9.40. The lowest BCUT2D eigenvalue weighted by atomic mass is 9.75. The molecule has 0 radical (unpaired) electrons. The van der Waals surface area contributed by atoms with Gasteiger partial charge in [-0.05, 0) is 68.2 Å². The van der Waals surface area contributed by atoms with Crippen molar-refractivity contribution in [2.75, 3.05) is 9.80 Å². The number of hydrogen-bond acceptors (Lipinski definition) is 3. The minimum Gasteiger partial charge on any atom is -0.508 e. The van der Waals surface area contributed by atoms with Crippen LogP contribution in [-0.4, -0.2) is 21.7 Å². The highest BCUT2D eigenvalue weighted by Crippen LogP contribution is 2.49. The van der Waals surface area contributed by atoms with Gasteiger partial charge in [-0.2, -0.15) is 13.2 Å². The molecule has 2 aliphatic rings. The van der Waals surface area contributed by atoms with Gasteiger partial charge in [-0.3, -0.25) is 9.69 Å². The van der Waals surface area contributed by atoms with Crippen LogP contribution in [0.4, 0.5) is 28.9 Å². The van der Waals surface area contributed by atoms with Gasteiger partial charge < -0.3 is 10.0 Å². The van der Waals surface area contributed by atoms with Crippen molar-refractivity contribution in [3.05, 3.63) is 53.3 Å². The number of anilines is 2. The third-order valence-electron chi connectivity index (χ3n) is 5.55. The molecular weight excluding hydrogens is 408 g/mol. The van der Waals surface area contributed by atoms with Gasteiger partial charge in [-0.25, -0.2) is 4.39 Å². The Balaban J connectivity index is 1.83. The molecule has 2 aromatic carbocycles. The molecule has 0 atom stereocenters. The van der Waals surface area contributed by atoms with Crippen LogP contribution in [0.15, 0.2) is 36.4 Å². The standard InChI is InChI=1S/C20H16F4N2O2S/c1-11-3-4-12(9-14(11)20(22,23)24)25-17(28)19(7-2-8-19)26(18(25)29)16-6-5-13(27)10-15(16)21/h3-6,9-10,27H,2,7-8H2,1H3. The predicted octanol–water partition coefficient (Wildman–Crippen LogP) is 4.92. The Labute approximate surface area is 169 Å². The molecule has 0 bridgehead atoms. The maximum absolute atomic E-state index is 14.6. The molecule has 1 aliphatic carbocycles. The summed E-state index contributed by atoms with van der Waals surface area (Å²) in [6, 6.07) is 7.06. The maximum Gasteiger partial charge on any atom is 0.416 e. The fourth-order valence-corrected chi connectivity index (χ4v) is 4.38. The Hall–Kier alpha value is -2.68. The first-order valence-electron chi connectivity index (χ1n) is 8.91. The second-order valence-corrected chi connectivity index (χ2v) is 7.64. The molecule has 2 fully saturated rings. The molecule has 1 N–H and O–H groups in total. The van der Waals surface area contributed by atoms with Crippen LogP contribution in [0.3, 0.4) is 0 Å². The lowest BCUT2D eigenvalue weighted by Gasteiger charge is -2.43. The zero-order valence-electron chi connectivity index (χ0n) is 15.3. The Morgan fingerprint density at radius 3 is 2.38 bits per heavy atom. The van der Waals surface area contributed by atoms with Gasteiger partial charge in [0.05, 0.1) is 16.9 Å². The molecular formula is C20H16F4N2O2S. The molecule has 1 saturated carbocycles. The van der Waals surface area contributed by atoms with Crippen LogP contribution < -0.4 is 9.80 Å². The molecule has 1 saturated heterocycles. The van der Waals surface area contributed by atoms with Crippen LogP contribution in [0.2, 0.25) is 0 Å². The van der Waals surface area contributed by atoms with Crippen molar-refractivity contribution >= 4 is 34.6 Å². The molecule has 9 heteroatoms. The monoisotopic (exact) mass is 424 g/mol. The Morgan fingerprint density at radius 2 is 1.83 bits per heavy atom. The van der Waals surface area contributed by atoms with Gasteiger partial charge in [0.25, 0.3) is 5.91 Å². The number of phenolic OH excluding ortho intramolecular Hbond substituents is 1. The predicted molar refractivity (Wildman–Crippen MR) is 103 cm³/mol. The molecule has 1 aliphatic heterocycles. The summed E-state index contributed by atoms with van der Waals surface area (Å²) in [7, 11) is 0. The van der Waals surface area contributed by atoms with Crippen molar-refractivity contribution in [3.63, 3.8) is 0 Å². The van der Waals surface area contributed by atoms with Crippen LogP contribution >= 0.6 is 12.2 Å². The quantitative estimate of drug-likeness (QED) is 0.549. The number of hydrogen-bond donors (Lipinski definition) is 1. The van der Waals surface area contributed by atoms with Gasteiger partial charge in [-0.15, -0.1) is 0 Å². The van der Waals surface area contributed by atoms with E-state index in [1.54, 1.807) is 0 Å². The van der Waals surface area contributed by atoms with Crippen molar-refractivity contribution in [3.8, 4) is 5.75 Å². The van der Waals surface area contributed by atoms with E-state index >= 15 is 0 Å². The lowest BCUT2D eigenvalue weighted by molar-refractivity contribution is -0.138. The van der Waals surface area contributed by atoms with Crippen LogP contribution in [0, 0.1) is 12.7 Å². The number of alkyl halides is 3. The normalized spacial score (nSPS) is 18.5. The van der Waals surface area contributed by atoms with Crippen molar-refractivity contribution in [2.45, 2.75) is 37.9 Å². The number of amides is 1. The van der Waals surface area contributed by atoms with E-state index in [0.29, 0.717) is 19.3 Å². The summed E-state index contributed by atoms with van der Waals surface area (Å²) in [6.07, 6.45) is -3.07. The minimum atomic E-state index is -4.58. The Kier molecular flexibility index (Phi) is 4.34. The van der Waals surface area contributed by atoms with E-state index in [1.165, 1.54) is 36.1 Å². The van der Waals surface area contributed by atoms with E-state index in [0.717, 1.165) is 17.0 Å².